The summed E-state index contributed by atoms with van der Waals surface area (Å²) < 4.78 is 6.14. The first-order chi connectivity index (χ1) is 8.70. The second-order valence-electron chi connectivity index (χ2n) is 6.97. The van der Waals surface area contributed by atoms with Crippen LogP contribution in [0.1, 0.15) is 59.3 Å². The van der Waals surface area contributed by atoms with Gasteiger partial charge in [0.15, 0.2) is 8.32 Å². The second-order valence-corrected chi connectivity index (χ2v) is 11.8. The minimum Gasteiger partial charge on any atom is -0.417 e. The largest absolute Gasteiger partial charge is 0.417 e. The molecule has 0 aliphatic carbocycles. The van der Waals surface area contributed by atoms with E-state index in [2.05, 4.69) is 40.4 Å². The van der Waals surface area contributed by atoms with Gasteiger partial charge in [0, 0.05) is 6.61 Å². The van der Waals surface area contributed by atoms with Gasteiger partial charge >= 0.3 is 0 Å². The molecule has 0 aromatic heterocycles. The van der Waals surface area contributed by atoms with Crippen molar-refractivity contribution in [3.8, 4) is 0 Å². The maximum absolute atomic E-state index is 9.33. The van der Waals surface area contributed by atoms with E-state index in [1.165, 1.54) is 19.3 Å². The first kappa shape index (κ1) is 18.9. The van der Waals surface area contributed by atoms with Crippen LogP contribution in [-0.4, -0.2) is 26.1 Å². The smallest absolute Gasteiger partial charge is 0.191 e. The van der Waals surface area contributed by atoms with E-state index >= 15 is 0 Å². The maximum atomic E-state index is 9.33. The minimum atomic E-state index is -1.54. The Kier molecular flexibility index (Phi) is 8.87. The van der Waals surface area contributed by atoms with Crippen molar-refractivity contribution in [3.05, 3.63) is 12.7 Å². The molecule has 0 fully saturated rings. The highest BCUT2D eigenvalue weighted by molar-refractivity contribution is 6.74. The van der Waals surface area contributed by atoms with Gasteiger partial charge in [-0.15, -0.1) is 6.58 Å². The van der Waals surface area contributed by atoms with Gasteiger partial charge in [-0.2, -0.15) is 0 Å². The number of hydrogen-bond donors (Lipinski definition) is 1. The van der Waals surface area contributed by atoms with Gasteiger partial charge in [0.25, 0.3) is 0 Å². The van der Waals surface area contributed by atoms with Crippen molar-refractivity contribution in [2.75, 3.05) is 6.61 Å². The molecule has 2 nitrogen and oxygen atoms in total. The van der Waals surface area contributed by atoms with Gasteiger partial charge < -0.3 is 9.53 Å². The fraction of sp³-hybridized carbons (Fsp3) is 0.875. The predicted octanol–water partition coefficient (Wildman–Crippen LogP) is 4.90. The molecule has 0 aliphatic rings. The Labute approximate surface area is 121 Å². The van der Waals surface area contributed by atoms with Crippen LogP contribution in [-0.2, 0) is 4.43 Å². The minimum absolute atomic E-state index is 0.313. The Morgan fingerprint density at radius 3 is 2.16 bits per heavy atom. The zero-order valence-electron chi connectivity index (χ0n) is 13.7. The topological polar surface area (TPSA) is 29.5 Å². The molecule has 3 heteroatoms. The molecule has 0 rings (SSSR count). The summed E-state index contributed by atoms with van der Waals surface area (Å²) in [7, 11) is -1.54. The molecular weight excluding hydrogens is 252 g/mol. The lowest BCUT2D eigenvalue weighted by atomic mass is 10.1. The van der Waals surface area contributed by atoms with E-state index in [4.69, 9.17) is 4.43 Å². The number of hydrogen-bond acceptors (Lipinski definition) is 2. The van der Waals surface area contributed by atoms with E-state index in [0.29, 0.717) is 5.04 Å². The molecule has 0 saturated heterocycles. The Balaban J connectivity index is 3.49. The Morgan fingerprint density at radius 2 is 1.63 bits per heavy atom. The highest BCUT2D eigenvalue weighted by Crippen LogP contribution is 2.36. The maximum Gasteiger partial charge on any atom is 0.191 e. The van der Waals surface area contributed by atoms with Crippen LogP contribution in [0, 0.1) is 0 Å². The number of aliphatic hydroxyl groups is 1. The van der Waals surface area contributed by atoms with Gasteiger partial charge in [0.2, 0.25) is 0 Å². The van der Waals surface area contributed by atoms with Gasteiger partial charge in [0.1, 0.15) is 0 Å². The SMILES string of the molecule is C=CC(O)CCCCCCCO[Si](C)(C)C(C)(C)C. The zero-order chi connectivity index (χ0) is 14.9. The van der Waals surface area contributed by atoms with Gasteiger partial charge in [0.05, 0.1) is 6.10 Å². The summed E-state index contributed by atoms with van der Waals surface area (Å²) in [4.78, 5) is 0. The van der Waals surface area contributed by atoms with E-state index in [-0.39, 0.29) is 6.10 Å². The van der Waals surface area contributed by atoms with E-state index in [9.17, 15) is 5.11 Å². The predicted molar refractivity (Wildman–Crippen MR) is 87.1 cm³/mol. The van der Waals surface area contributed by atoms with Crippen molar-refractivity contribution in [1.82, 2.24) is 0 Å². The lowest BCUT2D eigenvalue weighted by molar-refractivity contribution is 0.208. The van der Waals surface area contributed by atoms with Crippen LogP contribution in [0.2, 0.25) is 18.1 Å². The summed E-state index contributed by atoms with van der Waals surface area (Å²) in [6, 6.07) is 0. The monoisotopic (exact) mass is 286 g/mol. The molecule has 0 amide bonds. The Morgan fingerprint density at radius 1 is 1.11 bits per heavy atom. The average molecular weight is 287 g/mol. The molecule has 0 spiro atoms. The van der Waals surface area contributed by atoms with Crippen molar-refractivity contribution in [3.63, 3.8) is 0 Å². The van der Waals surface area contributed by atoms with Crippen LogP contribution in [0.15, 0.2) is 12.7 Å². The Bertz CT molecular complexity index is 244. The van der Waals surface area contributed by atoms with Crippen LogP contribution in [0.3, 0.4) is 0 Å². The molecule has 0 aromatic carbocycles. The highest BCUT2D eigenvalue weighted by Gasteiger charge is 2.36. The first-order valence-electron chi connectivity index (χ1n) is 7.65. The lowest BCUT2D eigenvalue weighted by Gasteiger charge is -2.36. The van der Waals surface area contributed by atoms with Crippen molar-refractivity contribution in [1.29, 1.82) is 0 Å². The summed E-state index contributed by atoms with van der Waals surface area (Å²) in [5, 5.41) is 9.64. The molecule has 1 N–H and O–H groups in total. The lowest BCUT2D eigenvalue weighted by Crippen LogP contribution is -2.40. The van der Waals surface area contributed by atoms with E-state index in [1.807, 2.05) is 0 Å². The van der Waals surface area contributed by atoms with Gasteiger partial charge in [-0.3, -0.25) is 0 Å². The molecule has 0 saturated carbocycles. The molecule has 0 heterocycles. The van der Waals surface area contributed by atoms with Crippen molar-refractivity contribution < 1.29 is 9.53 Å². The average Bonchev–Trinajstić information content (AvgIpc) is 2.30. The summed E-state index contributed by atoms with van der Waals surface area (Å²) in [5.74, 6) is 0. The summed E-state index contributed by atoms with van der Waals surface area (Å²) in [6.45, 7) is 16.0. The summed E-state index contributed by atoms with van der Waals surface area (Å²) in [5.41, 5.74) is 0. The number of unbranched alkanes of at least 4 members (excludes halogenated alkanes) is 4. The molecule has 0 aliphatic heterocycles. The Hall–Kier alpha value is -0.123. The summed E-state index contributed by atoms with van der Waals surface area (Å²) >= 11 is 0. The fourth-order valence-electron chi connectivity index (χ4n) is 1.65. The number of rotatable bonds is 10. The van der Waals surface area contributed by atoms with Crippen LogP contribution in [0.4, 0.5) is 0 Å². The van der Waals surface area contributed by atoms with Crippen LogP contribution in [0.5, 0.6) is 0 Å². The normalized spacial score (nSPS) is 14.4. The first-order valence-corrected chi connectivity index (χ1v) is 10.6. The molecule has 1 atom stereocenters. The van der Waals surface area contributed by atoms with E-state index < -0.39 is 8.32 Å². The van der Waals surface area contributed by atoms with E-state index in [1.54, 1.807) is 6.08 Å². The second kappa shape index (κ2) is 8.93. The van der Waals surface area contributed by atoms with E-state index in [0.717, 1.165) is 25.9 Å². The molecule has 0 aromatic rings. The van der Waals surface area contributed by atoms with Crippen LogP contribution < -0.4 is 0 Å². The van der Waals surface area contributed by atoms with Crippen LogP contribution >= 0.6 is 0 Å². The summed E-state index contributed by atoms with van der Waals surface area (Å²) in [6.07, 6.45) is 8.08. The standard InChI is InChI=1S/C16H34O2Si/c1-7-15(17)13-11-9-8-10-12-14-18-19(5,6)16(2,3)4/h7,15,17H,1,8-14H2,2-6H3. The molecule has 0 bridgehead atoms. The molecule has 114 valence electrons. The van der Waals surface area contributed by atoms with Crippen molar-refractivity contribution in [2.45, 2.75) is 83.5 Å². The third-order valence-electron chi connectivity index (χ3n) is 4.19. The van der Waals surface area contributed by atoms with Crippen molar-refractivity contribution >= 4 is 8.32 Å². The fourth-order valence-corrected chi connectivity index (χ4v) is 2.74. The van der Waals surface area contributed by atoms with Gasteiger partial charge in [-0.1, -0.05) is 52.5 Å². The molecule has 19 heavy (non-hydrogen) atoms. The molecule has 1 unspecified atom stereocenters. The van der Waals surface area contributed by atoms with Gasteiger partial charge in [-0.25, -0.2) is 0 Å². The molecule has 0 radical (unpaired) electrons. The van der Waals surface area contributed by atoms with Crippen molar-refractivity contribution in [2.24, 2.45) is 0 Å². The van der Waals surface area contributed by atoms with Crippen LogP contribution in [0.25, 0.3) is 0 Å². The molecular formula is C16H34O2Si. The quantitative estimate of drug-likeness (QED) is 0.352. The van der Waals surface area contributed by atoms with Gasteiger partial charge in [-0.05, 0) is 31.0 Å². The third kappa shape index (κ3) is 8.61. The highest BCUT2D eigenvalue weighted by atomic mass is 28.4. The number of aliphatic hydroxyl groups excluding tert-OH is 1. The third-order valence-corrected chi connectivity index (χ3v) is 8.72. The zero-order valence-corrected chi connectivity index (χ0v) is 14.7.